The molecule has 0 aliphatic carbocycles. The van der Waals surface area contributed by atoms with Gasteiger partial charge in [0.1, 0.15) is 4.33 Å². The molecule has 0 nitrogen and oxygen atoms in total. The molecule has 0 amide bonds. The van der Waals surface area contributed by atoms with Crippen molar-refractivity contribution in [3.05, 3.63) is 35.9 Å². The molecule has 2 radical (unpaired) electrons. The van der Waals surface area contributed by atoms with Gasteiger partial charge in [-0.15, -0.1) is 0 Å². The van der Waals surface area contributed by atoms with Crippen LogP contribution in [0.2, 0.25) is 6.32 Å². The van der Waals surface area contributed by atoms with Crippen molar-refractivity contribution in [2.24, 2.45) is 0 Å². The summed E-state index contributed by atoms with van der Waals surface area (Å²) in [5, 5.41) is 0. The van der Waals surface area contributed by atoms with Crippen LogP contribution >= 0.6 is 23.2 Å². The Bertz CT molecular complexity index is 221. The highest BCUT2D eigenvalue weighted by atomic mass is 35.5. The second-order valence-corrected chi connectivity index (χ2v) is 3.76. The normalized spacial score (nSPS) is 11.5. The van der Waals surface area contributed by atoms with Gasteiger partial charge in [-0.2, -0.15) is 0 Å². The molecule has 0 aromatic heterocycles. The smallest absolute Gasteiger partial charge is 0.0972 e. The predicted octanol–water partition coefficient (Wildman–Crippen LogP) is 2.90. The number of hydrogen-bond acceptors (Lipinski definition) is 0. The number of halogens is 2. The minimum Gasteiger partial charge on any atom is -0.0972 e. The van der Waals surface area contributed by atoms with Crippen LogP contribution in [0.1, 0.15) is 5.56 Å². The van der Waals surface area contributed by atoms with Crippen molar-refractivity contribution in [1.29, 1.82) is 0 Å². The Balaban J connectivity index is 2.93. The van der Waals surface area contributed by atoms with Crippen LogP contribution < -0.4 is 0 Å². The molecular weight excluding hydrogens is 178 g/mol. The maximum atomic E-state index is 5.89. The number of alkyl halides is 2. The summed E-state index contributed by atoms with van der Waals surface area (Å²) in [6.07, 6.45) is 0.222. The van der Waals surface area contributed by atoms with Crippen LogP contribution in [0, 0.1) is 0 Å². The van der Waals surface area contributed by atoms with Crippen molar-refractivity contribution < 1.29 is 0 Å². The van der Waals surface area contributed by atoms with Gasteiger partial charge in [-0.05, 0) is 5.56 Å². The predicted molar refractivity (Wildman–Crippen MR) is 50.4 cm³/mol. The lowest BCUT2D eigenvalue weighted by Crippen LogP contribution is -2.08. The fourth-order valence-corrected chi connectivity index (χ4v) is 1.05. The third kappa shape index (κ3) is 2.15. The van der Waals surface area contributed by atoms with E-state index in [-0.39, 0.29) is 6.32 Å². The van der Waals surface area contributed by atoms with Crippen molar-refractivity contribution >= 4 is 31.0 Å². The Morgan fingerprint density at radius 2 is 1.73 bits per heavy atom. The first-order valence-electron chi connectivity index (χ1n) is 3.30. The highest BCUT2D eigenvalue weighted by Crippen LogP contribution is 2.36. The van der Waals surface area contributed by atoms with E-state index in [0.29, 0.717) is 0 Å². The molecule has 0 saturated heterocycles. The summed E-state index contributed by atoms with van der Waals surface area (Å²) in [4.78, 5) is 0. The van der Waals surface area contributed by atoms with E-state index in [1.165, 1.54) is 0 Å². The second kappa shape index (κ2) is 3.51. The lowest BCUT2D eigenvalue weighted by Gasteiger charge is -2.17. The van der Waals surface area contributed by atoms with Crippen molar-refractivity contribution in [2.75, 3.05) is 0 Å². The summed E-state index contributed by atoms with van der Waals surface area (Å²) >= 11 is 11.8. The van der Waals surface area contributed by atoms with Crippen molar-refractivity contribution in [2.45, 2.75) is 10.7 Å². The SMILES string of the molecule is [B]CC(Cl)(Cl)c1ccccc1. The van der Waals surface area contributed by atoms with Crippen LogP contribution in [0.25, 0.3) is 0 Å². The molecule has 56 valence electrons. The lowest BCUT2D eigenvalue weighted by molar-refractivity contribution is 0.973. The van der Waals surface area contributed by atoms with Crippen LogP contribution in [0.4, 0.5) is 0 Å². The molecule has 1 aromatic carbocycles. The monoisotopic (exact) mass is 184 g/mol. The van der Waals surface area contributed by atoms with E-state index in [0.717, 1.165) is 5.56 Å². The van der Waals surface area contributed by atoms with Crippen molar-refractivity contribution in [3.8, 4) is 0 Å². The Morgan fingerprint density at radius 1 is 1.18 bits per heavy atom. The molecule has 0 N–H and O–H groups in total. The van der Waals surface area contributed by atoms with Gasteiger partial charge in [0.05, 0.1) is 7.85 Å². The summed E-state index contributed by atoms with van der Waals surface area (Å²) < 4.78 is -0.943. The van der Waals surface area contributed by atoms with Gasteiger partial charge in [-0.1, -0.05) is 59.9 Å². The molecule has 0 aliphatic rings. The summed E-state index contributed by atoms with van der Waals surface area (Å²) in [7, 11) is 5.37. The molecule has 3 heteroatoms. The van der Waals surface area contributed by atoms with Gasteiger partial charge in [0.25, 0.3) is 0 Å². The average Bonchev–Trinajstić information content (AvgIpc) is 2.06. The summed E-state index contributed by atoms with van der Waals surface area (Å²) in [5.74, 6) is 0. The molecule has 0 atom stereocenters. The van der Waals surface area contributed by atoms with Gasteiger partial charge in [-0.25, -0.2) is 0 Å². The molecule has 1 aromatic rings. The Labute approximate surface area is 77.9 Å². The summed E-state index contributed by atoms with van der Waals surface area (Å²) in [6, 6.07) is 9.37. The number of hydrogen-bond donors (Lipinski definition) is 0. The highest BCUT2D eigenvalue weighted by Gasteiger charge is 2.22. The topological polar surface area (TPSA) is 0 Å². The Hall–Kier alpha value is -0.135. The largest absolute Gasteiger partial charge is 0.135 e. The third-order valence-corrected chi connectivity index (χ3v) is 2.20. The first-order valence-corrected chi connectivity index (χ1v) is 4.06. The molecule has 0 bridgehead atoms. The maximum absolute atomic E-state index is 5.89. The first-order chi connectivity index (χ1) is 5.17. The maximum Gasteiger partial charge on any atom is 0.135 e. The number of benzene rings is 1. The fourth-order valence-electron chi connectivity index (χ4n) is 0.800. The molecule has 1 rings (SSSR count). The lowest BCUT2D eigenvalue weighted by atomic mass is 9.96. The first kappa shape index (κ1) is 8.96. The zero-order valence-corrected chi connectivity index (χ0v) is 7.44. The van der Waals surface area contributed by atoms with E-state index in [4.69, 9.17) is 31.0 Å². The van der Waals surface area contributed by atoms with E-state index >= 15 is 0 Å². The standard InChI is InChI=1S/C8H7BCl2/c9-6-8(10,11)7-4-2-1-3-5-7/h1-5H,6H2. The summed E-state index contributed by atoms with van der Waals surface area (Å²) in [6.45, 7) is 0. The Morgan fingerprint density at radius 3 is 2.18 bits per heavy atom. The zero-order chi connectivity index (χ0) is 8.32. The molecule has 0 heterocycles. The van der Waals surface area contributed by atoms with Crippen LogP contribution in [-0.4, -0.2) is 7.85 Å². The van der Waals surface area contributed by atoms with Crippen LogP contribution in [-0.2, 0) is 4.33 Å². The summed E-state index contributed by atoms with van der Waals surface area (Å²) in [5.41, 5.74) is 0.839. The van der Waals surface area contributed by atoms with E-state index in [1.54, 1.807) is 0 Å². The quantitative estimate of drug-likeness (QED) is 0.490. The Kier molecular flexibility index (Phi) is 2.86. The van der Waals surface area contributed by atoms with Crippen molar-refractivity contribution in [3.63, 3.8) is 0 Å². The van der Waals surface area contributed by atoms with E-state index in [2.05, 4.69) is 0 Å². The molecule has 0 unspecified atom stereocenters. The van der Waals surface area contributed by atoms with Crippen LogP contribution in [0.3, 0.4) is 0 Å². The van der Waals surface area contributed by atoms with Gasteiger partial charge in [0, 0.05) is 0 Å². The van der Waals surface area contributed by atoms with E-state index in [9.17, 15) is 0 Å². The minimum absolute atomic E-state index is 0.222. The molecule has 11 heavy (non-hydrogen) atoms. The highest BCUT2D eigenvalue weighted by molar-refractivity contribution is 6.50. The average molecular weight is 185 g/mol. The zero-order valence-electron chi connectivity index (χ0n) is 5.93. The van der Waals surface area contributed by atoms with Gasteiger partial charge >= 0.3 is 0 Å². The molecule has 0 aliphatic heterocycles. The third-order valence-electron chi connectivity index (χ3n) is 1.45. The van der Waals surface area contributed by atoms with E-state index in [1.807, 2.05) is 30.3 Å². The van der Waals surface area contributed by atoms with Gasteiger partial charge in [0.2, 0.25) is 0 Å². The van der Waals surface area contributed by atoms with E-state index < -0.39 is 4.33 Å². The molecule has 0 saturated carbocycles. The van der Waals surface area contributed by atoms with Crippen LogP contribution in [0.15, 0.2) is 30.3 Å². The van der Waals surface area contributed by atoms with Crippen molar-refractivity contribution in [1.82, 2.24) is 0 Å². The fraction of sp³-hybridized carbons (Fsp3) is 0.250. The van der Waals surface area contributed by atoms with Gasteiger partial charge < -0.3 is 0 Å². The van der Waals surface area contributed by atoms with Crippen LogP contribution in [0.5, 0.6) is 0 Å². The second-order valence-electron chi connectivity index (χ2n) is 2.27. The molecule has 0 fully saturated rings. The minimum atomic E-state index is -0.943. The van der Waals surface area contributed by atoms with Gasteiger partial charge in [-0.3, -0.25) is 0 Å². The number of rotatable bonds is 2. The molecular formula is C8H7BCl2. The van der Waals surface area contributed by atoms with Gasteiger partial charge in [0.15, 0.2) is 0 Å². The molecule has 0 spiro atoms.